The minimum Gasteiger partial charge on any atom is -0.379 e. The zero-order valence-corrected chi connectivity index (χ0v) is 15.3. The van der Waals surface area contributed by atoms with Gasteiger partial charge in [-0.15, -0.1) is 11.3 Å². The van der Waals surface area contributed by atoms with Crippen LogP contribution >= 0.6 is 11.3 Å². The first-order chi connectivity index (χ1) is 12.2. The van der Waals surface area contributed by atoms with E-state index in [2.05, 4.69) is 35.3 Å². The molecule has 3 rings (SSSR count). The maximum atomic E-state index is 12.4. The van der Waals surface area contributed by atoms with E-state index in [0.29, 0.717) is 0 Å². The molecule has 25 heavy (non-hydrogen) atoms. The van der Waals surface area contributed by atoms with E-state index >= 15 is 0 Å². The fourth-order valence-corrected chi connectivity index (χ4v) is 3.66. The standard InChI is InChI=1S/C20H24N2O2S/c1-16-7-8-18(25-16)9-10-20(23)21-19(17-5-3-2-4-6-17)15-22-11-13-24-14-12-22/h2-10,19H,11-15H2,1H3,(H,21,23)/b10-9+/t19-/m1/s1. The smallest absolute Gasteiger partial charge is 0.244 e. The average molecular weight is 356 g/mol. The number of hydrogen-bond acceptors (Lipinski definition) is 4. The number of carbonyl (C=O) groups excluding carboxylic acids is 1. The highest BCUT2D eigenvalue weighted by molar-refractivity contribution is 7.12. The van der Waals surface area contributed by atoms with Gasteiger partial charge in [-0.05, 0) is 30.7 Å². The number of hydrogen-bond donors (Lipinski definition) is 1. The summed E-state index contributed by atoms with van der Waals surface area (Å²) in [6.07, 6.45) is 3.50. The second kappa shape index (κ2) is 8.94. The van der Waals surface area contributed by atoms with E-state index in [1.807, 2.05) is 30.3 Å². The number of rotatable bonds is 6. The summed E-state index contributed by atoms with van der Waals surface area (Å²) in [5.41, 5.74) is 1.13. The predicted molar refractivity (Wildman–Crippen MR) is 103 cm³/mol. The number of amides is 1. The highest BCUT2D eigenvalue weighted by Gasteiger charge is 2.19. The monoisotopic (exact) mass is 356 g/mol. The summed E-state index contributed by atoms with van der Waals surface area (Å²) in [6.45, 7) is 6.19. The third kappa shape index (κ3) is 5.53. The summed E-state index contributed by atoms with van der Waals surface area (Å²) in [7, 11) is 0. The van der Waals surface area contributed by atoms with Crippen LogP contribution in [0.25, 0.3) is 6.08 Å². The van der Waals surface area contributed by atoms with Gasteiger partial charge in [0.05, 0.1) is 19.3 Å². The first kappa shape index (κ1) is 17.9. The lowest BCUT2D eigenvalue weighted by Gasteiger charge is -2.31. The molecule has 5 heteroatoms. The van der Waals surface area contributed by atoms with Gasteiger partial charge in [0.15, 0.2) is 0 Å². The van der Waals surface area contributed by atoms with Gasteiger partial charge in [0, 0.05) is 35.5 Å². The lowest BCUT2D eigenvalue weighted by atomic mass is 10.1. The zero-order chi connectivity index (χ0) is 17.5. The first-order valence-corrected chi connectivity index (χ1v) is 9.42. The number of aryl methyl sites for hydroxylation is 1. The van der Waals surface area contributed by atoms with Gasteiger partial charge in [-0.3, -0.25) is 9.69 Å². The summed E-state index contributed by atoms with van der Waals surface area (Å²) >= 11 is 1.68. The van der Waals surface area contributed by atoms with E-state index in [9.17, 15) is 4.79 Å². The van der Waals surface area contributed by atoms with Crippen LogP contribution in [0.3, 0.4) is 0 Å². The summed E-state index contributed by atoms with van der Waals surface area (Å²) < 4.78 is 5.42. The molecule has 1 N–H and O–H groups in total. The van der Waals surface area contributed by atoms with Crippen molar-refractivity contribution in [2.24, 2.45) is 0 Å². The Labute approximate surface area is 153 Å². The van der Waals surface area contributed by atoms with Gasteiger partial charge < -0.3 is 10.1 Å². The highest BCUT2D eigenvalue weighted by Crippen LogP contribution is 2.17. The summed E-state index contributed by atoms with van der Waals surface area (Å²) in [4.78, 5) is 17.1. The molecule has 0 unspecified atom stereocenters. The number of carbonyl (C=O) groups is 1. The van der Waals surface area contributed by atoms with Crippen molar-refractivity contribution < 1.29 is 9.53 Å². The van der Waals surface area contributed by atoms with Crippen molar-refractivity contribution in [1.29, 1.82) is 0 Å². The normalized spacial score (nSPS) is 16.8. The number of nitrogens with one attached hydrogen (secondary N) is 1. The number of benzene rings is 1. The molecular weight excluding hydrogens is 332 g/mol. The molecule has 4 nitrogen and oxygen atoms in total. The molecule has 1 saturated heterocycles. The lowest BCUT2D eigenvalue weighted by molar-refractivity contribution is -0.117. The van der Waals surface area contributed by atoms with Crippen LogP contribution in [0.1, 0.15) is 21.4 Å². The Kier molecular flexibility index (Phi) is 6.39. The lowest BCUT2D eigenvalue weighted by Crippen LogP contribution is -2.42. The van der Waals surface area contributed by atoms with Crippen LogP contribution < -0.4 is 5.32 Å². The van der Waals surface area contributed by atoms with Gasteiger partial charge in [-0.25, -0.2) is 0 Å². The maximum absolute atomic E-state index is 12.4. The Balaban J connectivity index is 1.66. The summed E-state index contributed by atoms with van der Waals surface area (Å²) in [5.74, 6) is -0.0619. The molecule has 0 spiro atoms. The van der Waals surface area contributed by atoms with Gasteiger partial charge in [0.1, 0.15) is 0 Å². The zero-order valence-electron chi connectivity index (χ0n) is 14.5. The predicted octanol–water partition coefficient (Wildman–Crippen LogP) is 3.26. The van der Waals surface area contributed by atoms with Gasteiger partial charge in [0.2, 0.25) is 5.91 Å². The molecule has 0 bridgehead atoms. The molecule has 2 aromatic rings. The Bertz CT molecular complexity index is 705. The van der Waals surface area contributed by atoms with E-state index in [1.54, 1.807) is 17.4 Å². The summed E-state index contributed by atoms with van der Waals surface area (Å²) in [6, 6.07) is 14.2. The number of morpholine rings is 1. The van der Waals surface area contributed by atoms with E-state index in [-0.39, 0.29) is 11.9 Å². The Morgan fingerprint density at radius 2 is 2.00 bits per heavy atom. The van der Waals surface area contributed by atoms with Crippen LogP contribution in [0.2, 0.25) is 0 Å². The van der Waals surface area contributed by atoms with Gasteiger partial charge in [-0.1, -0.05) is 30.3 Å². The molecule has 2 heterocycles. The van der Waals surface area contributed by atoms with Gasteiger partial charge in [0.25, 0.3) is 0 Å². The Morgan fingerprint density at radius 1 is 1.24 bits per heavy atom. The summed E-state index contributed by atoms with van der Waals surface area (Å²) in [5, 5.41) is 3.15. The molecule has 1 aliphatic rings. The van der Waals surface area contributed by atoms with Crippen LogP contribution in [0.4, 0.5) is 0 Å². The molecule has 1 aromatic carbocycles. The second-order valence-corrected chi connectivity index (χ2v) is 7.49. The molecular formula is C20H24N2O2S. The molecule has 1 fully saturated rings. The molecule has 132 valence electrons. The first-order valence-electron chi connectivity index (χ1n) is 8.61. The molecule has 0 aliphatic carbocycles. The van der Waals surface area contributed by atoms with Crippen LogP contribution in [0.5, 0.6) is 0 Å². The van der Waals surface area contributed by atoms with Crippen LogP contribution in [-0.2, 0) is 9.53 Å². The maximum Gasteiger partial charge on any atom is 0.244 e. The Morgan fingerprint density at radius 3 is 2.68 bits per heavy atom. The van der Waals surface area contributed by atoms with Gasteiger partial charge in [-0.2, -0.15) is 0 Å². The van der Waals surface area contributed by atoms with Crippen LogP contribution in [0.15, 0.2) is 48.5 Å². The van der Waals surface area contributed by atoms with Crippen molar-refractivity contribution in [2.45, 2.75) is 13.0 Å². The van der Waals surface area contributed by atoms with Crippen LogP contribution in [-0.4, -0.2) is 43.7 Å². The van der Waals surface area contributed by atoms with Crippen molar-refractivity contribution in [3.8, 4) is 0 Å². The molecule has 1 aromatic heterocycles. The number of ether oxygens (including phenoxy) is 1. The van der Waals surface area contributed by atoms with E-state index in [4.69, 9.17) is 4.74 Å². The molecule has 0 saturated carbocycles. The SMILES string of the molecule is Cc1ccc(/C=C/C(=O)N[C@H](CN2CCOCC2)c2ccccc2)s1. The van der Waals surface area contributed by atoms with Crippen molar-refractivity contribution in [3.63, 3.8) is 0 Å². The molecule has 0 radical (unpaired) electrons. The van der Waals surface area contributed by atoms with Gasteiger partial charge >= 0.3 is 0 Å². The van der Waals surface area contributed by atoms with Crippen molar-refractivity contribution in [3.05, 3.63) is 63.9 Å². The molecule has 1 atom stereocenters. The largest absolute Gasteiger partial charge is 0.379 e. The van der Waals surface area contributed by atoms with E-state index in [1.165, 1.54) is 4.88 Å². The van der Waals surface area contributed by atoms with Crippen molar-refractivity contribution >= 4 is 23.3 Å². The third-order valence-corrected chi connectivity index (χ3v) is 5.19. The fourth-order valence-electron chi connectivity index (χ4n) is 2.88. The Hall–Kier alpha value is -1.95. The highest BCUT2D eigenvalue weighted by atomic mass is 32.1. The van der Waals surface area contributed by atoms with Crippen molar-refractivity contribution in [1.82, 2.24) is 10.2 Å². The minimum absolute atomic E-state index is 0.0264. The van der Waals surface area contributed by atoms with Crippen molar-refractivity contribution in [2.75, 3.05) is 32.8 Å². The number of thiophene rings is 1. The second-order valence-electron chi connectivity index (χ2n) is 6.17. The quantitative estimate of drug-likeness (QED) is 0.808. The third-order valence-electron chi connectivity index (χ3n) is 4.22. The molecule has 1 aliphatic heterocycles. The average Bonchev–Trinajstić information content (AvgIpc) is 3.06. The molecule has 1 amide bonds. The minimum atomic E-state index is -0.0619. The fraction of sp³-hybridized carbons (Fsp3) is 0.350. The number of nitrogens with zero attached hydrogens (tertiary/aromatic N) is 1. The topological polar surface area (TPSA) is 41.6 Å². The van der Waals surface area contributed by atoms with E-state index in [0.717, 1.165) is 43.3 Å². The van der Waals surface area contributed by atoms with E-state index < -0.39 is 0 Å². The van der Waals surface area contributed by atoms with Crippen LogP contribution in [0, 0.1) is 6.92 Å².